The van der Waals surface area contributed by atoms with Gasteiger partial charge in [0.05, 0.1) is 0 Å². The lowest BCUT2D eigenvalue weighted by Crippen LogP contribution is -1.93. The second-order valence-electron chi connectivity index (χ2n) is 3.79. The molecular formula is C14H13NO. The van der Waals surface area contributed by atoms with Crippen LogP contribution in [0.2, 0.25) is 0 Å². The van der Waals surface area contributed by atoms with Crippen molar-refractivity contribution in [3.05, 3.63) is 65.5 Å². The molecule has 0 atom stereocenters. The number of Topliss-reactive ketones (excluding diaryl/α,β-unsaturated/α-hetero) is 1. The first-order valence-electron chi connectivity index (χ1n) is 5.24. The third-order valence-corrected chi connectivity index (χ3v) is 2.52. The van der Waals surface area contributed by atoms with Crippen molar-refractivity contribution in [3.63, 3.8) is 0 Å². The minimum Gasteiger partial charge on any atom is -0.295 e. The highest BCUT2D eigenvalue weighted by atomic mass is 16.1. The molecule has 0 N–H and O–H groups in total. The van der Waals surface area contributed by atoms with Crippen LogP contribution in [0.5, 0.6) is 0 Å². The van der Waals surface area contributed by atoms with E-state index < -0.39 is 0 Å². The molecule has 0 aliphatic carbocycles. The van der Waals surface area contributed by atoms with Crippen LogP contribution >= 0.6 is 0 Å². The molecule has 2 aromatic rings. The summed E-state index contributed by atoms with van der Waals surface area (Å²) in [7, 11) is 0. The highest BCUT2D eigenvalue weighted by Crippen LogP contribution is 2.10. The van der Waals surface area contributed by atoms with Gasteiger partial charge >= 0.3 is 0 Å². The van der Waals surface area contributed by atoms with Crippen molar-refractivity contribution in [1.82, 2.24) is 4.98 Å². The number of hydrogen-bond donors (Lipinski definition) is 0. The van der Waals surface area contributed by atoms with Crippen LogP contribution in [-0.2, 0) is 6.42 Å². The molecule has 0 saturated heterocycles. The second-order valence-corrected chi connectivity index (χ2v) is 3.79. The van der Waals surface area contributed by atoms with Crippen LogP contribution in [-0.4, -0.2) is 10.8 Å². The number of aromatic nitrogens is 1. The molecule has 0 amide bonds. The van der Waals surface area contributed by atoms with Crippen molar-refractivity contribution in [2.75, 3.05) is 0 Å². The van der Waals surface area contributed by atoms with Crippen LogP contribution in [0.25, 0.3) is 0 Å². The summed E-state index contributed by atoms with van der Waals surface area (Å²) in [5.41, 5.74) is 3.19. The third-order valence-electron chi connectivity index (χ3n) is 2.52. The monoisotopic (exact) mass is 211 g/mol. The Kier molecular flexibility index (Phi) is 3.10. The van der Waals surface area contributed by atoms with E-state index in [-0.39, 0.29) is 5.78 Å². The van der Waals surface area contributed by atoms with Crippen LogP contribution in [0.3, 0.4) is 0 Å². The average molecular weight is 211 g/mol. The number of carbonyl (C=O) groups excluding carboxylic acids is 1. The fourth-order valence-corrected chi connectivity index (χ4v) is 1.59. The molecule has 2 rings (SSSR count). The summed E-state index contributed by atoms with van der Waals surface area (Å²) in [4.78, 5) is 15.1. The van der Waals surface area contributed by atoms with Gasteiger partial charge in [-0.2, -0.15) is 0 Å². The average Bonchev–Trinajstić information content (AvgIpc) is 2.31. The molecule has 0 fully saturated rings. The van der Waals surface area contributed by atoms with Gasteiger partial charge in [0, 0.05) is 18.0 Å². The van der Waals surface area contributed by atoms with Crippen molar-refractivity contribution in [1.29, 1.82) is 0 Å². The van der Waals surface area contributed by atoms with Crippen LogP contribution in [0.15, 0.2) is 48.8 Å². The van der Waals surface area contributed by atoms with Gasteiger partial charge in [-0.15, -0.1) is 0 Å². The van der Waals surface area contributed by atoms with Gasteiger partial charge in [-0.05, 0) is 36.6 Å². The standard InChI is InChI=1S/C14H13NO/c1-11(16)14-4-2-12(3-5-14)10-13-6-8-15-9-7-13/h2-9H,10H2,1H3. The van der Waals surface area contributed by atoms with E-state index >= 15 is 0 Å². The zero-order chi connectivity index (χ0) is 11.4. The van der Waals surface area contributed by atoms with Crippen LogP contribution in [0.4, 0.5) is 0 Å². The SMILES string of the molecule is CC(=O)c1ccc(Cc2ccncc2)cc1. The normalized spacial score (nSPS) is 10.1. The topological polar surface area (TPSA) is 30.0 Å². The number of pyridine rings is 1. The summed E-state index contributed by atoms with van der Waals surface area (Å²) in [6.45, 7) is 1.58. The minimum atomic E-state index is 0.107. The molecule has 0 saturated carbocycles. The number of ketones is 1. The lowest BCUT2D eigenvalue weighted by molar-refractivity contribution is 0.101. The predicted octanol–water partition coefficient (Wildman–Crippen LogP) is 2.88. The number of hydrogen-bond acceptors (Lipinski definition) is 2. The molecular weight excluding hydrogens is 198 g/mol. The molecule has 0 aliphatic rings. The van der Waals surface area contributed by atoms with Gasteiger partial charge in [-0.1, -0.05) is 24.3 Å². The van der Waals surface area contributed by atoms with Crippen molar-refractivity contribution in [2.45, 2.75) is 13.3 Å². The number of carbonyl (C=O) groups is 1. The van der Waals surface area contributed by atoms with Gasteiger partial charge in [-0.3, -0.25) is 9.78 Å². The highest BCUT2D eigenvalue weighted by molar-refractivity contribution is 5.94. The summed E-state index contributed by atoms with van der Waals surface area (Å²) in [5.74, 6) is 0.107. The van der Waals surface area contributed by atoms with Gasteiger partial charge in [-0.25, -0.2) is 0 Å². The Morgan fingerprint density at radius 2 is 1.56 bits per heavy atom. The molecule has 0 radical (unpaired) electrons. The first-order valence-corrected chi connectivity index (χ1v) is 5.24. The Morgan fingerprint density at radius 1 is 1.00 bits per heavy atom. The van der Waals surface area contributed by atoms with Crippen LogP contribution in [0, 0.1) is 0 Å². The Morgan fingerprint density at radius 3 is 2.12 bits per heavy atom. The highest BCUT2D eigenvalue weighted by Gasteiger charge is 1.99. The van der Waals surface area contributed by atoms with E-state index in [0.29, 0.717) is 0 Å². The quantitative estimate of drug-likeness (QED) is 0.731. The van der Waals surface area contributed by atoms with Gasteiger partial charge < -0.3 is 0 Å². The number of rotatable bonds is 3. The fourth-order valence-electron chi connectivity index (χ4n) is 1.59. The van der Waals surface area contributed by atoms with E-state index in [1.807, 2.05) is 36.4 Å². The first kappa shape index (κ1) is 10.6. The van der Waals surface area contributed by atoms with Crippen molar-refractivity contribution < 1.29 is 4.79 Å². The van der Waals surface area contributed by atoms with Crippen molar-refractivity contribution in [3.8, 4) is 0 Å². The number of nitrogens with zero attached hydrogens (tertiary/aromatic N) is 1. The summed E-state index contributed by atoms with van der Waals surface area (Å²) in [6, 6.07) is 11.7. The molecule has 1 aromatic heterocycles. The summed E-state index contributed by atoms with van der Waals surface area (Å²) in [6.07, 6.45) is 4.46. The summed E-state index contributed by atoms with van der Waals surface area (Å²) < 4.78 is 0. The van der Waals surface area contributed by atoms with E-state index in [2.05, 4.69) is 4.98 Å². The Balaban J connectivity index is 2.14. The maximum atomic E-state index is 11.1. The van der Waals surface area contributed by atoms with Gasteiger partial charge in [0.1, 0.15) is 0 Å². The Hall–Kier alpha value is -1.96. The molecule has 2 heteroatoms. The molecule has 80 valence electrons. The Bertz CT molecular complexity index is 474. The van der Waals surface area contributed by atoms with E-state index in [0.717, 1.165) is 12.0 Å². The molecule has 16 heavy (non-hydrogen) atoms. The van der Waals surface area contributed by atoms with Crippen molar-refractivity contribution >= 4 is 5.78 Å². The summed E-state index contributed by atoms with van der Waals surface area (Å²) >= 11 is 0. The minimum absolute atomic E-state index is 0.107. The van der Waals surface area contributed by atoms with Crippen LogP contribution in [0.1, 0.15) is 28.4 Å². The summed E-state index contributed by atoms with van der Waals surface area (Å²) in [5, 5.41) is 0. The molecule has 2 nitrogen and oxygen atoms in total. The third kappa shape index (κ3) is 2.54. The zero-order valence-electron chi connectivity index (χ0n) is 9.18. The maximum absolute atomic E-state index is 11.1. The van der Waals surface area contributed by atoms with E-state index in [4.69, 9.17) is 0 Å². The van der Waals surface area contributed by atoms with Crippen LogP contribution < -0.4 is 0 Å². The zero-order valence-corrected chi connectivity index (χ0v) is 9.18. The molecule has 1 heterocycles. The van der Waals surface area contributed by atoms with Gasteiger partial charge in [0.25, 0.3) is 0 Å². The van der Waals surface area contributed by atoms with E-state index in [1.54, 1.807) is 19.3 Å². The fraction of sp³-hybridized carbons (Fsp3) is 0.143. The molecule has 0 unspecified atom stereocenters. The Labute approximate surface area is 95.0 Å². The molecule has 0 bridgehead atoms. The van der Waals surface area contributed by atoms with Crippen molar-refractivity contribution in [2.24, 2.45) is 0 Å². The predicted molar refractivity (Wildman–Crippen MR) is 63.5 cm³/mol. The first-order chi connectivity index (χ1) is 7.75. The lowest BCUT2D eigenvalue weighted by Gasteiger charge is -2.02. The lowest BCUT2D eigenvalue weighted by atomic mass is 10.0. The smallest absolute Gasteiger partial charge is 0.159 e. The van der Waals surface area contributed by atoms with Gasteiger partial charge in [0.15, 0.2) is 5.78 Å². The molecule has 0 spiro atoms. The van der Waals surface area contributed by atoms with E-state index in [1.165, 1.54) is 11.1 Å². The second kappa shape index (κ2) is 4.71. The molecule has 1 aromatic carbocycles. The van der Waals surface area contributed by atoms with E-state index in [9.17, 15) is 4.79 Å². The van der Waals surface area contributed by atoms with Gasteiger partial charge in [0.2, 0.25) is 0 Å². The largest absolute Gasteiger partial charge is 0.295 e. The maximum Gasteiger partial charge on any atom is 0.159 e. The number of benzene rings is 1. The molecule has 0 aliphatic heterocycles.